The van der Waals surface area contributed by atoms with Crippen molar-refractivity contribution in [3.05, 3.63) is 29.3 Å². The highest BCUT2D eigenvalue weighted by molar-refractivity contribution is 5.53. The number of fused-ring (bicyclic) bond motifs is 4. The van der Waals surface area contributed by atoms with Crippen molar-refractivity contribution in [1.82, 2.24) is 4.90 Å². The van der Waals surface area contributed by atoms with Crippen LogP contribution in [0.3, 0.4) is 0 Å². The van der Waals surface area contributed by atoms with Gasteiger partial charge in [-0.15, -0.1) is 0 Å². The van der Waals surface area contributed by atoms with Gasteiger partial charge in [-0.1, -0.05) is 26.8 Å². The number of nitrogens with zero attached hydrogens (tertiary/aromatic N) is 1. The van der Waals surface area contributed by atoms with Crippen LogP contribution in [0.25, 0.3) is 0 Å². The molecule has 1 aromatic rings. The second-order valence-corrected chi connectivity index (χ2v) is 8.46. The normalized spacial score (nSPS) is 33.3. The van der Waals surface area contributed by atoms with Crippen LogP contribution in [0.1, 0.15) is 57.6 Å². The molecule has 2 nitrogen and oxygen atoms in total. The lowest BCUT2D eigenvalue weighted by Crippen LogP contribution is -2.58. The van der Waals surface area contributed by atoms with Gasteiger partial charge in [0.2, 0.25) is 0 Å². The number of benzene rings is 1. The third-order valence-electron chi connectivity index (χ3n) is 6.89. The number of hydrogen-bond donors (Lipinski definition) is 1. The van der Waals surface area contributed by atoms with E-state index >= 15 is 0 Å². The van der Waals surface area contributed by atoms with E-state index in [9.17, 15) is 0 Å². The monoisotopic (exact) mass is 312 g/mol. The highest BCUT2D eigenvalue weighted by Gasteiger charge is 2.48. The molecule has 1 aliphatic heterocycles. The number of piperidine rings is 1. The number of likely N-dealkylation sites (tertiary alicyclic amines) is 1. The SMILES string of the molecule is CCCNc1ccc2c(c1)[C@@]1(C)CCN(CC3CC3)C(C2)[C@@H]1C. The molecule has 4 rings (SSSR count). The maximum atomic E-state index is 3.58. The molecule has 2 fully saturated rings. The lowest BCUT2D eigenvalue weighted by molar-refractivity contribution is 0.0284. The van der Waals surface area contributed by atoms with Crippen LogP contribution in [0.2, 0.25) is 0 Å². The van der Waals surface area contributed by atoms with E-state index in [1.165, 1.54) is 50.9 Å². The number of nitrogens with one attached hydrogen (secondary N) is 1. The average Bonchev–Trinajstić information content (AvgIpc) is 3.36. The first-order valence-corrected chi connectivity index (χ1v) is 9.73. The Labute approximate surface area is 141 Å². The zero-order valence-corrected chi connectivity index (χ0v) is 15.1. The summed E-state index contributed by atoms with van der Waals surface area (Å²) < 4.78 is 0. The fraction of sp³-hybridized carbons (Fsp3) is 0.714. The van der Waals surface area contributed by atoms with Crippen LogP contribution in [-0.4, -0.2) is 30.6 Å². The van der Waals surface area contributed by atoms with Crippen molar-refractivity contribution >= 4 is 5.69 Å². The van der Waals surface area contributed by atoms with E-state index in [0.29, 0.717) is 5.41 Å². The Morgan fingerprint density at radius 1 is 1.30 bits per heavy atom. The fourth-order valence-corrected chi connectivity index (χ4v) is 4.95. The predicted molar refractivity (Wildman–Crippen MR) is 98.1 cm³/mol. The summed E-state index contributed by atoms with van der Waals surface area (Å²) in [5.41, 5.74) is 4.92. The largest absolute Gasteiger partial charge is 0.385 e. The molecule has 1 saturated heterocycles. The van der Waals surface area contributed by atoms with Crippen LogP contribution in [0.5, 0.6) is 0 Å². The van der Waals surface area contributed by atoms with Crippen molar-refractivity contribution in [3.8, 4) is 0 Å². The summed E-state index contributed by atoms with van der Waals surface area (Å²) in [5, 5.41) is 3.58. The van der Waals surface area contributed by atoms with Crippen molar-refractivity contribution in [2.24, 2.45) is 11.8 Å². The van der Waals surface area contributed by atoms with Crippen LogP contribution < -0.4 is 5.32 Å². The minimum absolute atomic E-state index is 0.363. The quantitative estimate of drug-likeness (QED) is 0.864. The van der Waals surface area contributed by atoms with Crippen molar-refractivity contribution in [2.75, 3.05) is 25.0 Å². The van der Waals surface area contributed by atoms with Gasteiger partial charge in [0.05, 0.1) is 0 Å². The Bertz CT molecular complexity index is 577. The summed E-state index contributed by atoms with van der Waals surface area (Å²) in [4.78, 5) is 2.83. The number of rotatable bonds is 5. The zero-order chi connectivity index (χ0) is 16.0. The third-order valence-corrected chi connectivity index (χ3v) is 6.89. The topological polar surface area (TPSA) is 15.3 Å². The van der Waals surface area contributed by atoms with Crippen molar-refractivity contribution in [1.29, 1.82) is 0 Å². The molecule has 2 heteroatoms. The van der Waals surface area contributed by atoms with Crippen LogP contribution in [0.4, 0.5) is 5.69 Å². The summed E-state index contributed by atoms with van der Waals surface area (Å²) in [7, 11) is 0. The Morgan fingerprint density at radius 3 is 2.87 bits per heavy atom. The van der Waals surface area contributed by atoms with Crippen molar-refractivity contribution in [2.45, 2.75) is 64.3 Å². The summed E-state index contributed by atoms with van der Waals surface area (Å²) in [6, 6.07) is 7.94. The molecular formula is C21H32N2. The Hall–Kier alpha value is -1.02. The van der Waals surface area contributed by atoms with E-state index in [2.05, 4.69) is 49.2 Å². The standard InChI is InChI=1S/C21H32N2/c1-4-10-22-18-8-7-17-12-20-15(2)21(3,19(17)13-18)9-11-23(20)14-16-5-6-16/h7-8,13,15-16,20,22H,4-6,9-12,14H2,1-3H3/t15-,20?,21-/m0/s1. The summed E-state index contributed by atoms with van der Waals surface area (Å²) in [6.07, 6.45) is 6.70. The van der Waals surface area contributed by atoms with Crippen molar-refractivity contribution < 1.29 is 0 Å². The molecule has 0 spiro atoms. The van der Waals surface area contributed by atoms with Gasteiger partial charge in [0.1, 0.15) is 0 Å². The van der Waals surface area contributed by atoms with Gasteiger partial charge in [-0.05, 0) is 79.2 Å². The van der Waals surface area contributed by atoms with Gasteiger partial charge in [0, 0.05) is 24.8 Å². The molecule has 126 valence electrons. The minimum atomic E-state index is 0.363. The third kappa shape index (κ3) is 2.69. The van der Waals surface area contributed by atoms with Crippen LogP contribution >= 0.6 is 0 Å². The number of anilines is 1. The van der Waals surface area contributed by atoms with Crippen LogP contribution in [0.15, 0.2) is 18.2 Å². The van der Waals surface area contributed by atoms with Gasteiger partial charge in [-0.3, -0.25) is 4.90 Å². The van der Waals surface area contributed by atoms with Crippen LogP contribution in [-0.2, 0) is 11.8 Å². The van der Waals surface area contributed by atoms with Crippen molar-refractivity contribution in [3.63, 3.8) is 0 Å². The van der Waals surface area contributed by atoms with Gasteiger partial charge < -0.3 is 5.32 Å². The lowest BCUT2D eigenvalue weighted by Gasteiger charge is -2.55. The summed E-state index contributed by atoms with van der Waals surface area (Å²) in [6.45, 7) is 11.0. The van der Waals surface area contributed by atoms with Gasteiger partial charge in [0.25, 0.3) is 0 Å². The predicted octanol–water partition coefficient (Wildman–Crippen LogP) is 4.44. The van der Waals surface area contributed by atoms with Gasteiger partial charge in [-0.2, -0.15) is 0 Å². The second kappa shape index (κ2) is 5.81. The summed E-state index contributed by atoms with van der Waals surface area (Å²) in [5.74, 6) is 1.78. The average molecular weight is 313 g/mol. The molecular weight excluding hydrogens is 280 g/mol. The molecule has 1 N–H and O–H groups in total. The van der Waals surface area contributed by atoms with E-state index in [1.54, 1.807) is 11.1 Å². The van der Waals surface area contributed by atoms with E-state index in [4.69, 9.17) is 0 Å². The molecule has 1 saturated carbocycles. The molecule has 1 heterocycles. The molecule has 0 radical (unpaired) electrons. The van der Waals surface area contributed by atoms with E-state index in [0.717, 1.165) is 24.4 Å². The molecule has 23 heavy (non-hydrogen) atoms. The molecule has 0 amide bonds. The van der Waals surface area contributed by atoms with E-state index in [-0.39, 0.29) is 0 Å². The minimum Gasteiger partial charge on any atom is -0.385 e. The molecule has 2 bridgehead atoms. The highest BCUT2D eigenvalue weighted by atomic mass is 15.2. The smallest absolute Gasteiger partial charge is 0.0343 e. The van der Waals surface area contributed by atoms with Gasteiger partial charge in [0.15, 0.2) is 0 Å². The molecule has 1 aromatic carbocycles. The first-order valence-electron chi connectivity index (χ1n) is 9.73. The highest BCUT2D eigenvalue weighted by Crippen LogP contribution is 2.49. The molecule has 3 aliphatic rings. The number of hydrogen-bond acceptors (Lipinski definition) is 2. The van der Waals surface area contributed by atoms with Crippen LogP contribution in [0, 0.1) is 11.8 Å². The summed E-state index contributed by atoms with van der Waals surface area (Å²) >= 11 is 0. The molecule has 3 atom stereocenters. The molecule has 1 unspecified atom stereocenters. The second-order valence-electron chi connectivity index (χ2n) is 8.46. The Morgan fingerprint density at radius 2 is 2.13 bits per heavy atom. The lowest BCUT2D eigenvalue weighted by atomic mass is 9.59. The Balaban J connectivity index is 1.63. The van der Waals surface area contributed by atoms with E-state index < -0.39 is 0 Å². The molecule has 0 aromatic heterocycles. The fourth-order valence-electron chi connectivity index (χ4n) is 4.95. The maximum Gasteiger partial charge on any atom is 0.0343 e. The van der Waals surface area contributed by atoms with Gasteiger partial charge in [-0.25, -0.2) is 0 Å². The maximum absolute atomic E-state index is 3.58. The first kappa shape index (κ1) is 15.5. The van der Waals surface area contributed by atoms with Gasteiger partial charge >= 0.3 is 0 Å². The first-order chi connectivity index (χ1) is 11.1. The van der Waals surface area contributed by atoms with E-state index in [1.807, 2.05) is 0 Å². The Kier molecular flexibility index (Phi) is 3.91. The zero-order valence-electron chi connectivity index (χ0n) is 15.1. The molecule has 2 aliphatic carbocycles.